The molecule has 0 bridgehead atoms. The molecule has 0 amide bonds. The SMILES string of the molecule is CN(C)CC1OC1=O. The van der Waals surface area contributed by atoms with E-state index >= 15 is 0 Å². The summed E-state index contributed by atoms with van der Waals surface area (Å²) in [6.07, 6.45) is -0.120. The fourth-order valence-corrected chi connectivity index (χ4v) is 0.550. The summed E-state index contributed by atoms with van der Waals surface area (Å²) in [7, 11) is 3.82. The molecule has 0 saturated carbocycles. The maximum Gasteiger partial charge on any atom is 0.349 e. The van der Waals surface area contributed by atoms with E-state index in [1.165, 1.54) is 0 Å². The third-order valence-corrected chi connectivity index (χ3v) is 0.995. The third-order valence-electron chi connectivity index (χ3n) is 0.995. The second kappa shape index (κ2) is 1.74. The van der Waals surface area contributed by atoms with Crippen LogP contribution in [0.15, 0.2) is 0 Å². The molecule has 0 spiro atoms. The van der Waals surface area contributed by atoms with E-state index in [4.69, 9.17) is 0 Å². The van der Waals surface area contributed by atoms with Crippen molar-refractivity contribution in [1.29, 1.82) is 0 Å². The van der Waals surface area contributed by atoms with Crippen LogP contribution in [-0.4, -0.2) is 37.6 Å². The number of likely N-dealkylation sites (N-methyl/N-ethyl adjacent to an activating group) is 1. The first-order valence-corrected chi connectivity index (χ1v) is 2.55. The first-order chi connectivity index (χ1) is 3.70. The fourth-order valence-electron chi connectivity index (χ4n) is 0.550. The summed E-state index contributed by atoms with van der Waals surface area (Å²) >= 11 is 0. The number of carbonyl (C=O) groups is 1. The number of epoxide rings is 1. The van der Waals surface area contributed by atoms with Crippen molar-refractivity contribution >= 4 is 5.97 Å². The summed E-state index contributed by atoms with van der Waals surface area (Å²) in [6, 6.07) is 0. The van der Waals surface area contributed by atoms with Gasteiger partial charge in [-0.05, 0) is 14.1 Å². The second-order valence-corrected chi connectivity index (χ2v) is 2.19. The molecule has 3 nitrogen and oxygen atoms in total. The number of nitrogens with zero attached hydrogens (tertiary/aromatic N) is 1. The molecule has 1 atom stereocenters. The van der Waals surface area contributed by atoms with Gasteiger partial charge in [0.1, 0.15) is 0 Å². The van der Waals surface area contributed by atoms with Crippen molar-refractivity contribution in [1.82, 2.24) is 4.90 Å². The molecule has 0 radical (unpaired) electrons. The fraction of sp³-hybridized carbons (Fsp3) is 0.800. The zero-order valence-corrected chi connectivity index (χ0v) is 5.05. The van der Waals surface area contributed by atoms with Crippen molar-refractivity contribution in [3.05, 3.63) is 0 Å². The Hall–Kier alpha value is -0.570. The molecule has 1 saturated heterocycles. The molecule has 8 heavy (non-hydrogen) atoms. The lowest BCUT2D eigenvalue weighted by atomic mass is 10.4. The summed E-state index contributed by atoms with van der Waals surface area (Å²) < 4.78 is 4.55. The quantitative estimate of drug-likeness (QED) is 0.454. The van der Waals surface area contributed by atoms with E-state index in [0.29, 0.717) is 0 Å². The van der Waals surface area contributed by atoms with Gasteiger partial charge >= 0.3 is 5.97 Å². The normalized spacial score (nSPS) is 25.9. The van der Waals surface area contributed by atoms with Crippen LogP contribution >= 0.6 is 0 Å². The Bertz CT molecular complexity index is 111. The third kappa shape index (κ3) is 1.20. The largest absolute Gasteiger partial charge is 0.446 e. The second-order valence-electron chi connectivity index (χ2n) is 2.19. The predicted octanol–water partition coefficient (Wildman–Crippen LogP) is -0.527. The maximum absolute atomic E-state index is 10.2. The number of cyclic esters (lactones) is 1. The van der Waals surface area contributed by atoms with Crippen LogP contribution in [0.1, 0.15) is 0 Å². The molecule has 1 aliphatic heterocycles. The molecule has 0 aromatic rings. The zero-order valence-electron chi connectivity index (χ0n) is 5.05. The van der Waals surface area contributed by atoms with Crippen molar-refractivity contribution in [2.45, 2.75) is 6.10 Å². The van der Waals surface area contributed by atoms with Crippen molar-refractivity contribution in [3.63, 3.8) is 0 Å². The average Bonchev–Trinajstić information content (AvgIpc) is 2.17. The standard InChI is InChI=1S/C5H9NO2/c1-6(2)3-4-5(7)8-4/h4H,3H2,1-2H3. The van der Waals surface area contributed by atoms with Crippen LogP contribution in [0, 0.1) is 0 Å². The Labute approximate surface area is 48.2 Å². The molecule has 0 N–H and O–H groups in total. The van der Waals surface area contributed by atoms with Gasteiger partial charge in [0.25, 0.3) is 0 Å². The Morgan fingerprint density at radius 1 is 1.75 bits per heavy atom. The van der Waals surface area contributed by atoms with E-state index < -0.39 is 0 Å². The maximum atomic E-state index is 10.2. The van der Waals surface area contributed by atoms with Crippen molar-refractivity contribution in [3.8, 4) is 0 Å². The van der Waals surface area contributed by atoms with Gasteiger partial charge in [0, 0.05) is 6.54 Å². The van der Waals surface area contributed by atoms with Crippen LogP contribution < -0.4 is 0 Å². The summed E-state index contributed by atoms with van der Waals surface area (Å²) in [5.41, 5.74) is 0. The lowest BCUT2D eigenvalue weighted by Gasteiger charge is -2.02. The van der Waals surface area contributed by atoms with Gasteiger partial charge in [-0.2, -0.15) is 0 Å². The van der Waals surface area contributed by atoms with Crippen LogP contribution in [0.3, 0.4) is 0 Å². The highest BCUT2D eigenvalue weighted by Crippen LogP contribution is 2.11. The van der Waals surface area contributed by atoms with Crippen LogP contribution in [0.2, 0.25) is 0 Å². The number of hydrogen-bond acceptors (Lipinski definition) is 3. The van der Waals surface area contributed by atoms with E-state index in [9.17, 15) is 4.79 Å². The number of hydrogen-bond donors (Lipinski definition) is 0. The first-order valence-electron chi connectivity index (χ1n) is 2.55. The zero-order chi connectivity index (χ0) is 6.15. The minimum atomic E-state index is -0.120. The molecule has 1 aliphatic rings. The van der Waals surface area contributed by atoms with E-state index in [-0.39, 0.29) is 12.1 Å². The Balaban J connectivity index is 2.13. The van der Waals surface area contributed by atoms with Gasteiger partial charge in [-0.3, -0.25) is 0 Å². The molecule has 1 rings (SSSR count). The minimum absolute atomic E-state index is 0.0706. The van der Waals surface area contributed by atoms with Crippen LogP contribution in [-0.2, 0) is 9.53 Å². The van der Waals surface area contributed by atoms with Gasteiger partial charge in [-0.15, -0.1) is 0 Å². The van der Waals surface area contributed by atoms with Gasteiger partial charge in [0.15, 0.2) is 0 Å². The van der Waals surface area contributed by atoms with Gasteiger partial charge in [0.2, 0.25) is 6.10 Å². The van der Waals surface area contributed by atoms with Crippen LogP contribution in [0.25, 0.3) is 0 Å². The molecule has 46 valence electrons. The first kappa shape index (κ1) is 5.56. The molecule has 3 heteroatoms. The van der Waals surface area contributed by atoms with Gasteiger partial charge in [-0.25, -0.2) is 4.79 Å². The number of carbonyl (C=O) groups excluding carboxylic acids is 1. The van der Waals surface area contributed by atoms with E-state index in [1.807, 2.05) is 19.0 Å². The highest BCUT2D eigenvalue weighted by atomic mass is 16.6. The highest BCUT2D eigenvalue weighted by molar-refractivity contribution is 5.87. The van der Waals surface area contributed by atoms with Crippen molar-refractivity contribution < 1.29 is 9.53 Å². The molecule has 1 unspecified atom stereocenters. The summed E-state index contributed by atoms with van der Waals surface area (Å²) in [5, 5.41) is 0. The van der Waals surface area contributed by atoms with Crippen molar-refractivity contribution in [2.75, 3.05) is 20.6 Å². The minimum Gasteiger partial charge on any atom is -0.446 e. The van der Waals surface area contributed by atoms with E-state index in [0.717, 1.165) is 6.54 Å². The Morgan fingerprint density at radius 2 is 2.25 bits per heavy atom. The molecule has 1 heterocycles. The van der Waals surface area contributed by atoms with Crippen LogP contribution in [0.5, 0.6) is 0 Å². The molecule has 0 aliphatic carbocycles. The van der Waals surface area contributed by atoms with Gasteiger partial charge < -0.3 is 9.64 Å². The molecular formula is C5H9NO2. The Morgan fingerprint density at radius 3 is 2.38 bits per heavy atom. The van der Waals surface area contributed by atoms with Crippen LogP contribution in [0.4, 0.5) is 0 Å². The monoisotopic (exact) mass is 115 g/mol. The lowest BCUT2D eigenvalue weighted by molar-refractivity contribution is -0.117. The lowest BCUT2D eigenvalue weighted by Crippen LogP contribution is -2.18. The van der Waals surface area contributed by atoms with Crippen molar-refractivity contribution in [2.24, 2.45) is 0 Å². The number of rotatable bonds is 2. The average molecular weight is 115 g/mol. The topological polar surface area (TPSA) is 32.8 Å². The summed E-state index contributed by atoms with van der Waals surface area (Å²) in [6.45, 7) is 0.721. The van der Waals surface area contributed by atoms with E-state index in [2.05, 4.69) is 4.74 Å². The summed E-state index contributed by atoms with van der Waals surface area (Å²) in [4.78, 5) is 12.1. The smallest absolute Gasteiger partial charge is 0.349 e. The van der Waals surface area contributed by atoms with E-state index in [1.54, 1.807) is 0 Å². The molecule has 0 aromatic heterocycles. The Kier molecular flexibility index (Phi) is 1.21. The molecule has 0 aromatic carbocycles. The van der Waals surface area contributed by atoms with Gasteiger partial charge in [-0.1, -0.05) is 0 Å². The molecular weight excluding hydrogens is 106 g/mol. The molecule has 1 fully saturated rings. The summed E-state index contributed by atoms with van der Waals surface area (Å²) in [5.74, 6) is -0.0706. The predicted molar refractivity (Wildman–Crippen MR) is 28.4 cm³/mol. The van der Waals surface area contributed by atoms with Gasteiger partial charge in [0.05, 0.1) is 0 Å². The number of ether oxygens (including phenoxy) is 1. The highest BCUT2D eigenvalue weighted by Gasteiger charge is 2.37.